The summed E-state index contributed by atoms with van der Waals surface area (Å²) in [5, 5.41) is 9.85. The Balaban J connectivity index is 1.36. The van der Waals surface area contributed by atoms with E-state index in [1.807, 2.05) is 13.8 Å². The van der Waals surface area contributed by atoms with Crippen molar-refractivity contribution in [3.8, 4) is 11.4 Å². The number of likely N-dealkylation sites (tertiary alicyclic amines) is 1. The summed E-state index contributed by atoms with van der Waals surface area (Å²) >= 11 is 0. The SMILES string of the molecule is CC(C)CNC(=O)c1ccccc1NC(=O)C1CCCN(Cc2nc(-c3ccc(F)cc3)no2)C1. The molecule has 35 heavy (non-hydrogen) atoms. The van der Waals surface area contributed by atoms with Gasteiger partial charge in [0.05, 0.1) is 23.7 Å². The van der Waals surface area contributed by atoms with Gasteiger partial charge in [-0.05, 0) is 61.7 Å². The van der Waals surface area contributed by atoms with Crippen molar-refractivity contribution < 1.29 is 18.5 Å². The first-order chi connectivity index (χ1) is 16.9. The van der Waals surface area contributed by atoms with E-state index in [9.17, 15) is 14.0 Å². The van der Waals surface area contributed by atoms with Crippen LogP contribution in [0.2, 0.25) is 0 Å². The highest BCUT2D eigenvalue weighted by molar-refractivity contribution is 6.04. The summed E-state index contributed by atoms with van der Waals surface area (Å²) in [6.07, 6.45) is 1.61. The van der Waals surface area contributed by atoms with Gasteiger partial charge in [0.1, 0.15) is 5.82 Å². The molecule has 4 rings (SSSR count). The summed E-state index contributed by atoms with van der Waals surface area (Å²) in [7, 11) is 0. The van der Waals surface area contributed by atoms with Gasteiger partial charge < -0.3 is 15.2 Å². The van der Waals surface area contributed by atoms with Crippen molar-refractivity contribution in [1.82, 2.24) is 20.4 Å². The zero-order chi connectivity index (χ0) is 24.8. The van der Waals surface area contributed by atoms with Gasteiger partial charge in [-0.1, -0.05) is 31.1 Å². The molecule has 1 aliphatic heterocycles. The van der Waals surface area contributed by atoms with Crippen molar-refractivity contribution in [2.45, 2.75) is 33.2 Å². The summed E-state index contributed by atoms with van der Waals surface area (Å²) in [5.74, 6) is 0.309. The Kier molecular flexibility index (Phi) is 7.87. The Morgan fingerprint density at radius 1 is 1.17 bits per heavy atom. The number of anilines is 1. The topological polar surface area (TPSA) is 100 Å². The van der Waals surface area contributed by atoms with Gasteiger partial charge in [0.25, 0.3) is 5.91 Å². The summed E-state index contributed by atoms with van der Waals surface area (Å²) in [5.41, 5.74) is 1.64. The lowest BCUT2D eigenvalue weighted by molar-refractivity contribution is -0.121. The molecular formula is C26H30FN5O3. The second-order valence-corrected chi connectivity index (χ2v) is 9.23. The average Bonchev–Trinajstić information content (AvgIpc) is 3.32. The molecule has 0 radical (unpaired) electrons. The maximum Gasteiger partial charge on any atom is 0.253 e. The predicted molar refractivity (Wildman–Crippen MR) is 130 cm³/mol. The lowest BCUT2D eigenvalue weighted by Gasteiger charge is -2.31. The highest BCUT2D eigenvalue weighted by atomic mass is 19.1. The molecule has 9 heteroatoms. The first kappa shape index (κ1) is 24.5. The van der Waals surface area contributed by atoms with Gasteiger partial charge in [-0.15, -0.1) is 0 Å². The van der Waals surface area contributed by atoms with Gasteiger partial charge in [-0.3, -0.25) is 14.5 Å². The van der Waals surface area contributed by atoms with E-state index in [2.05, 4.69) is 25.7 Å². The fourth-order valence-corrected chi connectivity index (χ4v) is 4.06. The van der Waals surface area contributed by atoms with Gasteiger partial charge in [-0.25, -0.2) is 4.39 Å². The number of piperidine rings is 1. The number of hydrogen-bond acceptors (Lipinski definition) is 6. The second-order valence-electron chi connectivity index (χ2n) is 9.23. The van der Waals surface area contributed by atoms with Crippen molar-refractivity contribution in [2.24, 2.45) is 11.8 Å². The molecule has 2 aromatic carbocycles. The van der Waals surface area contributed by atoms with E-state index in [1.165, 1.54) is 12.1 Å². The van der Waals surface area contributed by atoms with Gasteiger partial charge in [0.15, 0.2) is 0 Å². The quantitative estimate of drug-likeness (QED) is 0.504. The molecule has 1 fully saturated rings. The molecule has 2 amide bonds. The van der Waals surface area contributed by atoms with Crippen LogP contribution >= 0.6 is 0 Å². The number of nitrogens with zero attached hydrogens (tertiary/aromatic N) is 3. The van der Waals surface area contributed by atoms with Crippen LogP contribution in [-0.2, 0) is 11.3 Å². The van der Waals surface area contributed by atoms with E-state index >= 15 is 0 Å². The minimum atomic E-state index is -0.325. The average molecular weight is 480 g/mol. The number of aromatic nitrogens is 2. The Hall–Kier alpha value is -3.59. The lowest BCUT2D eigenvalue weighted by Crippen LogP contribution is -2.40. The Morgan fingerprint density at radius 3 is 2.71 bits per heavy atom. The third-order valence-electron chi connectivity index (χ3n) is 5.91. The van der Waals surface area contributed by atoms with Crippen LogP contribution in [0.5, 0.6) is 0 Å². The number of hydrogen-bond donors (Lipinski definition) is 2. The summed E-state index contributed by atoms with van der Waals surface area (Å²) < 4.78 is 18.5. The van der Waals surface area contributed by atoms with E-state index in [1.54, 1.807) is 36.4 Å². The number of rotatable bonds is 8. The molecule has 3 aromatic rings. The number of carbonyl (C=O) groups is 2. The molecular weight excluding hydrogens is 449 g/mol. The van der Waals surface area contributed by atoms with Crippen LogP contribution < -0.4 is 10.6 Å². The van der Waals surface area contributed by atoms with Crippen molar-refractivity contribution in [3.05, 3.63) is 65.8 Å². The minimum Gasteiger partial charge on any atom is -0.352 e. The number of para-hydroxylation sites is 1. The fraction of sp³-hybridized carbons (Fsp3) is 0.385. The van der Waals surface area contributed by atoms with E-state index < -0.39 is 0 Å². The second kappa shape index (κ2) is 11.2. The summed E-state index contributed by atoms with van der Waals surface area (Å²) in [6, 6.07) is 13.0. The third kappa shape index (κ3) is 6.51. The number of amides is 2. The highest BCUT2D eigenvalue weighted by Gasteiger charge is 2.28. The zero-order valence-electron chi connectivity index (χ0n) is 20.0. The molecule has 0 spiro atoms. The molecule has 1 aliphatic rings. The normalized spacial score (nSPS) is 16.3. The van der Waals surface area contributed by atoms with Gasteiger partial charge in [0.2, 0.25) is 17.6 Å². The van der Waals surface area contributed by atoms with Gasteiger partial charge >= 0.3 is 0 Å². The number of nitrogens with one attached hydrogen (secondary N) is 2. The molecule has 1 atom stereocenters. The molecule has 184 valence electrons. The molecule has 1 aromatic heterocycles. The monoisotopic (exact) mass is 479 g/mol. The Morgan fingerprint density at radius 2 is 1.94 bits per heavy atom. The smallest absolute Gasteiger partial charge is 0.253 e. The molecule has 0 bridgehead atoms. The minimum absolute atomic E-state index is 0.115. The third-order valence-corrected chi connectivity index (χ3v) is 5.91. The molecule has 2 N–H and O–H groups in total. The lowest BCUT2D eigenvalue weighted by atomic mass is 9.96. The maximum atomic E-state index is 13.2. The number of halogens is 1. The Labute approximate surface area is 203 Å². The highest BCUT2D eigenvalue weighted by Crippen LogP contribution is 2.23. The molecule has 1 saturated heterocycles. The molecule has 0 aliphatic carbocycles. The molecule has 1 unspecified atom stereocenters. The van der Waals surface area contributed by atoms with E-state index in [-0.39, 0.29) is 23.5 Å². The zero-order valence-corrected chi connectivity index (χ0v) is 20.0. The van der Waals surface area contributed by atoms with Crippen molar-refractivity contribution in [3.63, 3.8) is 0 Å². The van der Waals surface area contributed by atoms with E-state index in [0.29, 0.717) is 54.1 Å². The van der Waals surface area contributed by atoms with Gasteiger partial charge in [0, 0.05) is 18.7 Å². The van der Waals surface area contributed by atoms with Crippen molar-refractivity contribution >= 4 is 17.5 Å². The maximum absolute atomic E-state index is 13.2. The first-order valence-electron chi connectivity index (χ1n) is 11.9. The van der Waals surface area contributed by atoms with Crippen LogP contribution in [-0.4, -0.2) is 46.5 Å². The van der Waals surface area contributed by atoms with Crippen LogP contribution in [0.3, 0.4) is 0 Å². The van der Waals surface area contributed by atoms with Crippen LogP contribution in [0.15, 0.2) is 53.1 Å². The fourth-order valence-electron chi connectivity index (χ4n) is 4.06. The first-order valence-corrected chi connectivity index (χ1v) is 11.9. The number of benzene rings is 2. The Bertz CT molecular complexity index is 1160. The van der Waals surface area contributed by atoms with E-state index in [0.717, 1.165) is 19.4 Å². The van der Waals surface area contributed by atoms with Crippen molar-refractivity contribution in [2.75, 3.05) is 25.0 Å². The standard InChI is InChI=1S/C26H30FN5O3/c1-17(2)14-28-26(34)21-7-3-4-8-22(21)29-25(33)19-6-5-13-32(15-19)16-23-30-24(31-35-23)18-9-11-20(27)12-10-18/h3-4,7-12,17,19H,5-6,13-16H2,1-2H3,(H,28,34)(H,29,33). The number of carbonyl (C=O) groups excluding carboxylic acids is 2. The summed E-state index contributed by atoms with van der Waals surface area (Å²) in [6.45, 7) is 6.40. The van der Waals surface area contributed by atoms with Gasteiger partial charge in [-0.2, -0.15) is 4.98 Å². The predicted octanol–water partition coefficient (Wildman–Crippen LogP) is 4.11. The van der Waals surface area contributed by atoms with E-state index in [4.69, 9.17) is 4.52 Å². The molecule has 8 nitrogen and oxygen atoms in total. The molecule has 0 saturated carbocycles. The van der Waals surface area contributed by atoms with Crippen LogP contribution in [0.4, 0.5) is 10.1 Å². The van der Waals surface area contributed by atoms with Crippen molar-refractivity contribution in [1.29, 1.82) is 0 Å². The van der Waals surface area contributed by atoms with Crippen LogP contribution in [0.1, 0.15) is 42.9 Å². The summed E-state index contributed by atoms with van der Waals surface area (Å²) in [4.78, 5) is 32.2. The van der Waals surface area contributed by atoms with Crippen LogP contribution in [0.25, 0.3) is 11.4 Å². The molecule has 2 heterocycles. The van der Waals surface area contributed by atoms with Crippen LogP contribution in [0, 0.1) is 17.7 Å². The largest absolute Gasteiger partial charge is 0.352 e.